The Morgan fingerprint density at radius 2 is 2.26 bits per heavy atom. The lowest BCUT2D eigenvalue weighted by molar-refractivity contribution is -0.129. The van der Waals surface area contributed by atoms with Crippen molar-refractivity contribution in [1.29, 1.82) is 0 Å². The minimum atomic E-state index is 0.163. The van der Waals surface area contributed by atoms with Gasteiger partial charge in [0.15, 0.2) is 0 Å². The van der Waals surface area contributed by atoms with Crippen LogP contribution in [0.1, 0.15) is 18.4 Å². The number of rotatable bonds is 4. The summed E-state index contributed by atoms with van der Waals surface area (Å²) in [6.45, 7) is 5.12. The van der Waals surface area contributed by atoms with E-state index in [9.17, 15) is 4.79 Å². The molecule has 3 atom stereocenters. The third kappa shape index (κ3) is 3.45. The van der Waals surface area contributed by atoms with E-state index in [1.807, 2.05) is 16.3 Å². The Labute approximate surface area is 141 Å². The monoisotopic (exact) mass is 336 g/mol. The number of thiophene rings is 1. The summed E-state index contributed by atoms with van der Waals surface area (Å²) in [5, 5.41) is 4.08. The smallest absolute Gasteiger partial charge is 0.227 e. The van der Waals surface area contributed by atoms with Crippen molar-refractivity contribution >= 4 is 17.2 Å². The Balaban J connectivity index is 1.37. The normalized spacial score (nSPS) is 31.5. The second kappa shape index (κ2) is 6.89. The summed E-state index contributed by atoms with van der Waals surface area (Å²) in [7, 11) is 0. The van der Waals surface area contributed by atoms with Gasteiger partial charge in [-0.1, -0.05) is 0 Å². The fourth-order valence-electron chi connectivity index (χ4n) is 3.92. The van der Waals surface area contributed by atoms with Crippen LogP contribution < -0.4 is 0 Å². The van der Waals surface area contributed by atoms with Crippen molar-refractivity contribution < 1.29 is 14.3 Å². The molecular formula is C17H24N2O3S. The van der Waals surface area contributed by atoms with Gasteiger partial charge in [0.1, 0.15) is 0 Å². The maximum atomic E-state index is 12.5. The van der Waals surface area contributed by atoms with Crippen molar-refractivity contribution in [3.8, 4) is 0 Å². The Morgan fingerprint density at radius 3 is 3.04 bits per heavy atom. The molecule has 23 heavy (non-hydrogen) atoms. The molecule has 4 heterocycles. The first-order valence-electron chi connectivity index (χ1n) is 8.56. The summed E-state index contributed by atoms with van der Waals surface area (Å²) in [4.78, 5) is 17.0. The highest BCUT2D eigenvalue weighted by molar-refractivity contribution is 7.07. The van der Waals surface area contributed by atoms with Gasteiger partial charge in [0.05, 0.1) is 31.3 Å². The lowest BCUT2D eigenvalue weighted by atomic mass is 10.1. The number of ether oxygens (including phenoxy) is 2. The van der Waals surface area contributed by atoms with E-state index in [1.54, 1.807) is 11.3 Å². The molecule has 3 saturated heterocycles. The molecule has 0 spiro atoms. The molecule has 0 radical (unpaired) electrons. The average molecular weight is 336 g/mol. The molecule has 0 N–H and O–H groups in total. The summed E-state index contributed by atoms with van der Waals surface area (Å²) >= 11 is 1.64. The highest BCUT2D eigenvalue weighted by Crippen LogP contribution is 2.25. The van der Waals surface area contributed by atoms with E-state index < -0.39 is 0 Å². The number of carbonyl (C=O) groups excluding carboxylic acids is 1. The van der Waals surface area contributed by atoms with Crippen molar-refractivity contribution in [1.82, 2.24) is 9.80 Å². The second-order valence-corrected chi connectivity index (χ2v) is 7.49. The maximum Gasteiger partial charge on any atom is 0.227 e. The molecule has 1 unspecified atom stereocenters. The minimum Gasteiger partial charge on any atom is -0.377 e. The highest BCUT2D eigenvalue weighted by atomic mass is 32.1. The molecular weight excluding hydrogens is 312 g/mol. The molecule has 0 aliphatic carbocycles. The molecule has 0 saturated carbocycles. The van der Waals surface area contributed by atoms with Crippen LogP contribution in [0.15, 0.2) is 16.8 Å². The van der Waals surface area contributed by atoms with E-state index in [0.29, 0.717) is 18.6 Å². The largest absolute Gasteiger partial charge is 0.377 e. The van der Waals surface area contributed by atoms with Crippen LogP contribution in [-0.4, -0.2) is 73.3 Å². The number of amides is 1. The predicted octanol–water partition coefficient (Wildman–Crippen LogP) is 1.38. The van der Waals surface area contributed by atoms with Gasteiger partial charge in [-0.25, -0.2) is 0 Å². The molecule has 5 nitrogen and oxygen atoms in total. The van der Waals surface area contributed by atoms with Gasteiger partial charge in [-0.05, 0) is 35.2 Å². The standard InChI is InChI=1S/C17H24N2O3S/c20-17(8-13-3-7-23-12-13)19-10-15-16(11-19)22-6-4-18(15)9-14-2-1-5-21-14/h3,7,12,14-16H,1-2,4-6,8-11H2/t14?,15-,16+/m1/s1. The number of hydrogen-bond donors (Lipinski definition) is 0. The molecule has 1 aromatic rings. The first kappa shape index (κ1) is 15.6. The molecule has 3 fully saturated rings. The zero-order chi connectivity index (χ0) is 15.6. The summed E-state index contributed by atoms with van der Waals surface area (Å²) in [5.41, 5.74) is 1.12. The molecule has 1 amide bonds. The molecule has 126 valence electrons. The molecule has 3 aliphatic heterocycles. The topological polar surface area (TPSA) is 42.0 Å². The fourth-order valence-corrected chi connectivity index (χ4v) is 4.59. The third-order valence-electron chi connectivity index (χ3n) is 5.17. The second-order valence-electron chi connectivity index (χ2n) is 6.71. The van der Waals surface area contributed by atoms with Gasteiger partial charge in [0.25, 0.3) is 0 Å². The minimum absolute atomic E-state index is 0.163. The zero-order valence-electron chi connectivity index (χ0n) is 13.4. The van der Waals surface area contributed by atoms with Gasteiger partial charge in [0.2, 0.25) is 5.91 Å². The van der Waals surface area contributed by atoms with Crippen LogP contribution in [0.4, 0.5) is 0 Å². The number of hydrogen-bond acceptors (Lipinski definition) is 5. The van der Waals surface area contributed by atoms with E-state index >= 15 is 0 Å². The van der Waals surface area contributed by atoms with Crippen molar-refractivity contribution in [2.75, 3.05) is 39.4 Å². The van der Waals surface area contributed by atoms with Crippen molar-refractivity contribution in [2.24, 2.45) is 0 Å². The molecule has 0 bridgehead atoms. The Kier molecular flexibility index (Phi) is 4.66. The van der Waals surface area contributed by atoms with E-state index in [1.165, 1.54) is 6.42 Å². The number of carbonyl (C=O) groups is 1. The van der Waals surface area contributed by atoms with Crippen LogP contribution in [0.3, 0.4) is 0 Å². The molecule has 1 aromatic heterocycles. The van der Waals surface area contributed by atoms with Gasteiger partial charge < -0.3 is 14.4 Å². The lowest BCUT2D eigenvalue weighted by Gasteiger charge is -2.37. The van der Waals surface area contributed by atoms with Crippen LogP contribution in [-0.2, 0) is 20.7 Å². The zero-order valence-corrected chi connectivity index (χ0v) is 14.2. The van der Waals surface area contributed by atoms with E-state index in [4.69, 9.17) is 9.47 Å². The third-order valence-corrected chi connectivity index (χ3v) is 5.90. The van der Waals surface area contributed by atoms with Crippen LogP contribution in [0, 0.1) is 0 Å². The number of nitrogens with zero attached hydrogens (tertiary/aromatic N) is 2. The summed E-state index contributed by atoms with van der Waals surface area (Å²) in [6, 6.07) is 2.37. The number of likely N-dealkylation sites (tertiary alicyclic amines) is 1. The molecule has 0 aromatic carbocycles. The van der Waals surface area contributed by atoms with Crippen LogP contribution in [0.25, 0.3) is 0 Å². The lowest BCUT2D eigenvalue weighted by Crippen LogP contribution is -2.52. The SMILES string of the molecule is O=C(Cc1ccsc1)N1C[C@@H]2OCCN(CC3CCCO3)[C@@H]2C1. The predicted molar refractivity (Wildman–Crippen MR) is 88.7 cm³/mol. The van der Waals surface area contributed by atoms with Gasteiger partial charge >= 0.3 is 0 Å². The Morgan fingerprint density at radius 1 is 1.30 bits per heavy atom. The van der Waals surface area contributed by atoms with E-state index in [0.717, 1.165) is 51.4 Å². The van der Waals surface area contributed by atoms with Crippen LogP contribution in [0.5, 0.6) is 0 Å². The molecule has 6 heteroatoms. The Hall–Kier alpha value is -0.950. The number of morpholine rings is 1. The van der Waals surface area contributed by atoms with Crippen molar-refractivity contribution in [2.45, 2.75) is 37.5 Å². The summed E-state index contributed by atoms with van der Waals surface area (Å²) in [5.74, 6) is 0.221. The van der Waals surface area contributed by atoms with Gasteiger partial charge in [0, 0.05) is 32.8 Å². The summed E-state index contributed by atoms with van der Waals surface area (Å²) in [6.07, 6.45) is 3.37. The first-order chi connectivity index (χ1) is 11.3. The first-order valence-corrected chi connectivity index (χ1v) is 9.50. The average Bonchev–Trinajstić information content (AvgIpc) is 3.28. The van der Waals surface area contributed by atoms with Gasteiger partial charge in [-0.3, -0.25) is 9.69 Å². The van der Waals surface area contributed by atoms with Crippen LogP contribution in [0.2, 0.25) is 0 Å². The van der Waals surface area contributed by atoms with Gasteiger partial charge in [-0.2, -0.15) is 11.3 Å². The highest BCUT2D eigenvalue weighted by Gasteiger charge is 2.42. The van der Waals surface area contributed by atoms with E-state index in [2.05, 4.69) is 10.3 Å². The fraction of sp³-hybridized carbons (Fsp3) is 0.706. The maximum absolute atomic E-state index is 12.5. The van der Waals surface area contributed by atoms with Crippen molar-refractivity contribution in [3.05, 3.63) is 22.4 Å². The van der Waals surface area contributed by atoms with Crippen LogP contribution >= 0.6 is 11.3 Å². The van der Waals surface area contributed by atoms with Crippen molar-refractivity contribution in [3.63, 3.8) is 0 Å². The van der Waals surface area contributed by atoms with E-state index in [-0.39, 0.29) is 12.0 Å². The Bertz CT molecular complexity index is 530. The number of fused-ring (bicyclic) bond motifs is 1. The summed E-state index contributed by atoms with van der Waals surface area (Å²) < 4.78 is 11.7. The quantitative estimate of drug-likeness (QED) is 0.833. The van der Waals surface area contributed by atoms with Gasteiger partial charge in [-0.15, -0.1) is 0 Å². The molecule has 4 rings (SSSR count). The molecule has 3 aliphatic rings.